The first-order chi connectivity index (χ1) is 15.4. The highest BCUT2D eigenvalue weighted by Crippen LogP contribution is 2.61. The minimum atomic E-state index is -3.90. The standard InChI is InChI=1S/C24H52P.C2H7O4P/c1-5-9-13-17-21-25(22-18-14-10-6-2,23-19-15-11-7-3)24-20-16-12-8-4;1-5-7(3,4)6-2/h5-24H2,1-4H3;1-2H3,(H,3,4)/q+1;/p-1. The zero-order valence-corrected chi connectivity index (χ0v) is 24.5. The molecule has 32 heavy (non-hydrogen) atoms. The summed E-state index contributed by atoms with van der Waals surface area (Å²) in [6, 6.07) is 0. The van der Waals surface area contributed by atoms with Crippen molar-refractivity contribution in [3.8, 4) is 0 Å². The molecule has 4 nitrogen and oxygen atoms in total. The van der Waals surface area contributed by atoms with Crippen molar-refractivity contribution in [1.29, 1.82) is 0 Å². The fourth-order valence-electron chi connectivity index (χ4n) is 4.24. The normalized spacial score (nSPS) is 12.0. The van der Waals surface area contributed by atoms with Gasteiger partial charge in [-0.1, -0.05) is 79.1 Å². The lowest BCUT2D eigenvalue weighted by molar-refractivity contribution is -0.220. The van der Waals surface area contributed by atoms with Gasteiger partial charge < -0.3 is 13.9 Å². The number of hydrogen-bond acceptors (Lipinski definition) is 4. The van der Waals surface area contributed by atoms with Crippen molar-refractivity contribution >= 4 is 15.1 Å². The Hall–Kier alpha value is 0.540. The number of phosphoric acid groups is 1. The second-order valence-electron chi connectivity index (χ2n) is 9.29. The Morgan fingerprint density at radius 1 is 0.531 bits per heavy atom. The summed E-state index contributed by atoms with van der Waals surface area (Å²) in [5.41, 5.74) is 0. The predicted molar refractivity (Wildman–Crippen MR) is 145 cm³/mol. The Labute approximate surface area is 203 Å². The average molecular weight is 497 g/mol. The van der Waals surface area contributed by atoms with Gasteiger partial charge in [-0.05, 0) is 51.4 Å². The maximum absolute atomic E-state index is 9.95. The van der Waals surface area contributed by atoms with Crippen LogP contribution in [0.4, 0.5) is 0 Å². The second kappa shape index (κ2) is 24.7. The third-order valence-corrected chi connectivity index (χ3v) is 12.3. The first-order valence-electron chi connectivity index (χ1n) is 13.6. The Bertz CT molecular complexity index is 357. The van der Waals surface area contributed by atoms with Crippen molar-refractivity contribution in [3.05, 3.63) is 0 Å². The van der Waals surface area contributed by atoms with Gasteiger partial charge in [-0.2, -0.15) is 0 Å². The summed E-state index contributed by atoms with van der Waals surface area (Å²) < 4.78 is 17.7. The van der Waals surface area contributed by atoms with Crippen molar-refractivity contribution in [1.82, 2.24) is 0 Å². The summed E-state index contributed by atoms with van der Waals surface area (Å²) in [4.78, 5) is 9.95. The van der Waals surface area contributed by atoms with Gasteiger partial charge in [-0.25, -0.2) is 0 Å². The molecule has 0 aromatic heterocycles. The summed E-state index contributed by atoms with van der Waals surface area (Å²) in [5.74, 6) is 0. The van der Waals surface area contributed by atoms with Crippen LogP contribution >= 0.6 is 15.1 Å². The van der Waals surface area contributed by atoms with E-state index in [4.69, 9.17) is 0 Å². The van der Waals surface area contributed by atoms with Crippen LogP contribution in [0.25, 0.3) is 0 Å². The van der Waals surface area contributed by atoms with Crippen LogP contribution in [-0.4, -0.2) is 38.9 Å². The van der Waals surface area contributed by atoms with Crippen LogP contribution in [0.5, 0.6) is 0 Å². The zero-order chi connectivity index (χ0) is 24.6. The van der Waals surface area contributed by atoms with E-state index in [1.807, 2.05) is 0 Å². The molecule has 6 heteroatoms. The van der Waals surface area contributed by atoms with Gasteiger partial charge in [0.1, 0.15) is 0 Å². The first kappa shape index (κ1) is 34.7. The summed E-state index contributed by atoms with van der Waals surface area (Å²) >= 11 is 0. The molecule has 0 aromatic carbocycles. The molecule has 0 heterocycles. The molecule has 0 aromatic rings. The second-order valence-corrected chi connectivity index (χ2v) is 15.4. The molecule has 0 rings (SSSR count). The van der Waals surface area contributed by atoms with E-state index in [2.05, 4.69) is 36.7 Å². The quantitative estimate of drug-likeness (QED) is 0.111. The Kier molecular flexibility index (Phi) is 26.7. The summed E-state index contributed by atoms with van der Waals surface area (Å²) in [7, 11) is -2.48. The maximum Gasteiger partial charge on any atom is 0.267 e. The molecule has 0 spiro atoms. The van der Waals surface area contributed by atoms with E-state index in [-0.39, 0.29) is 0 Å². The summed E-state index contributed by atoms with van der Waals surface area (Å²) in [5, 5.41) is 0. The van der Waals surface area contributed by atoms with Crippen LogP contribution < -0.4 is 4.89 Å². The molecule has 0 amide bonds. The lowest BCUT2D eigenvalue weighted by atomic mass is 10.2. The SMILES string of the molecule is CCCCCC[P+](CCCCCC)(CCCCCC)CCCCCC.COP(=O)([O-])OC. The molecular weight excluding hydrogens is 438 g/mol. The van der Waals surface area contributed by atoms with Gasteiger partial charge in [0, 0.05) is 21.5 Å². The van der Waals surface area contributed by atoms with E-state index in [1.54, 1.807) is 24.6 Å². The number of unbranched alkanes of at least 4 members (excludes halogenated alkanes) is 12. The minimum absolute atomic E-state index is 0.657. The highest BCUT2D eigenvalue weighted by Gasteiger charge is 2.34. The molecule has 0 radical (unpaired) electrons. The lowest BCUT2D eigenvalue weighted by Crippen LogP contribution is -2.13. The molecule has 0 saturated heterocycles. The van der Waals surface area contributed by atoms with Crippen molar-refractivity contribution < 1.29 is 18.5 Å². The third-order valence-electron chi connectivity index (χ3n) is 6.39. The highest BCUT2D eigenvalue weighted by molar-refractivity contribution is 7.75. The van der Waals surface area contributed by atoms with Crippen LogP contribution in [0.15, 0.2) is 0 Å². The Balaban J connectivity index is 0. The van der Waals surface area contributed by atoms with Gasteiger partial charge in [-0.3, -0.25) is 4.57 Å². The minimum Gasteiger partial charge on any atom is -0.756 e. The van der Waals surface area contributed by atoms with Gasteiger partial charge >= 0.3 is 0 Å². The van der Waals surface area contributed by atoms with Crippen molar-refractivity contribution in [3.63, 3.8) is 0 Å². The van der Waals surface area contributed by atoms with E-state index < -0.39 is 15.1 Å². The first-order valence-corrected chi connectivity index (χ1v) is 17.6. The van der Waals surface area contributed by atoms with Gasteiger partial charge in [0.2, 0.25) is 0 Å². The molecule has 0 atom stereocenters. The van der Waals surface area contributed by atoms with Crippen molar-refractivity contribution in [2.75, 3.05) is 38.9 Å². The van der Waals surface area contributed by atoms with E-state index in [1.165, 1.54) is 103 Å². The van der Waals surface area contributed by atoms with Gasteiger partial charge in [-0.15, -0.1) is 0 Å². The third kappa shape index (κ3) is 22.3. The van der Waals surface area contributed by atoms with Crippen LogP contribution in [0.1, 0.15) is 130 Å². The molecule has 0 aliphatic heterocycles. The molecule has 0 aliphatic carbocycles. The summed E-state index contributed by atoms with van der Waals surface area (Å²) in [6.07, 6.45) is 30.1. The van der Waals surface area contributed by atoms with Crippen LogP contribution in [0.3, 0.4) is 0 Å². The number of hydrogen-bond donors (Lipinski definition) is 0. The fourth-order valence-corrected chi connectivity index (χ4v) is 9.31. The average Bonchev–Trinajstić information content (AvgIpc) is 2.80. The van der Waals surface area contributed by atoms with Crippen LogP contribution in [0, 0.1) is 0 Å². The molecule has 0 aliphatic rings. The fraction of sp³-hybridized carbons (Fsp3) is 1.00. The van der Waals surface area contributed by atoms with Crippen LogP contribution in [0.2, 0.25) is 0 Å². The summed E-state index contributed by atoms with van der Waals surface area (Å²) in [6.45, 7) is 9.40. The molecule has 0 saturated carbocycles. The molecule has 196 valence electrons. The van der Waals surface area contributed by atoms with E-state index in [9.17, 15) is 9.46 Å². The maximum atomic E-state index is 9.95. The largest absolute Gasteiger partial charge is 0.756 e. The number of phosphoric ester groups is 1. The predicted octanol–water partition coefficient (Wildman–Crippen LogP) is 9.07. The van der Waals surface area contributed by atoms with E-state index in [0.717, 1.165) is 14.2 Å². The molecule has 0 N–H and O–H groups in total. The van der Waals surface area contributed by atoms with Crippen molar-refractivity contribution in [2.45, 2.75) is 130 Å². The Morgan fingerprint density at radius 3 is 0.938 bits per heavy atom. The smallest absolute Gasteiger partial charge is 0.267 e. The highest BCUT2D eigenvalue weighted by atomic mass is 31.2. The van der Waals surface area contributed by atoms with Crippen LogP contribution in [-0.2, 0) is 13.6 Å². The molecule has 0 fully saturated rings. The van der Waals surface area contributed by atoms with E-state index in [0.29, 0.717) is 0 Å². The molecular formula is C26H58O4P2. The molecule has 0 bridgehead atoms. The van der Waals surface area contributed by atoms with Gasteiger partial charge in [0.05, 0.1) is 24.6 Å². The zero-order valence-electron chi connectivity index (χ0n) is 22.7. The number of rotatable bonds is 22. The van der Waals surface area contributed by atoms with Gasteiger partial charge in [0.25, 0.3) is 7.82 Å². The Morgan fingerprint density at radius 2 is 0.781 bits per heavy atom. The van der Waals surface area contributed by atoms with E-state index >= 15 is 0 Å². The van der Waals surface area contributed by atoms with Crippen molar-refractivity contribution in [2.24, 2.45) is 0 Å². The van der Waals surface area contributed by atoms with Gasteiger partial charge in [0.15, 0.2) is 0 Å². The molecule has 0 unspecified atom stereocenters. The lowest BCUT2D eigenvalue weighted by Gasteiger charge is -2.28. The topological polar surface area (TPSA) is 58.6 Å². The monoisotopic (exact) mass is 496 g/mol.